The monoisotopic (exact) mass is 296 g/mol. The van der Waals surface area contributed by atoms with Gasteiger partial charge in [-0.15, -0.1) is 0 Å². The smallest absolute Gasteiger partial charge is 0.230 e. The third-order valence-electron chi connectivity index (χ3n) is 3.70. The van der Waals surface area contributed by atoms with Gasteiger partial charge in [-0.3, -0.25) is 0 Å². The van der Waals surface area contributed by atoms with Crippen LogP contribution in [0.2, 0.25) is 10.0 Å². The highest BCUT2D eigenvalue weighted by Gasteiger charge is 2.26. The Balaban J connectivity index is 2.08. The third kappa shape index (κ3) is 2.33. The van der Waals surface area contributed by atoms with Crippen LogP contribution in [0.1, 0.15) is 37.3 Å². The van der Waals surface area contributed by atoms with Gasteiger partial charge in [-0.25, -0.2) is 0 Å². The van der Waals surface area contributed by atoms with Gasteiger partial charge in [0.25, 0.3) is 0 Å². The van der Waals surface area contributed by atoms with Gasteiger partial charge in [-0.1, -0.05) is 47.3 Å². The van der Waals surface area contributed by atoms with Crippen molar-refractivity contribution < 1.29 is 4.52 Å². The van der Waals surface area contributed by atoms with Crippen molar-refractivity contribution in [2.45, 2.75) is 31.6 Å². The van der Waals surface area contributed by atoms with Gasteiger partial charge in [0, 0.05) is 5.92 Å². The van der Waals surface area contributed by atoms with Gasteiger partial charge in [0.1, 0.15) is 0 Å². The van der Waals surface area contributed by atoms with E-state index in [4.69, 9.17) is 33.5 Å². The van der Waals surface area contributed by atoms with Crippen LogP contribution in [0, 0.1) is 0 Å². The number of benzene rings is 1. The standard InChI is InChI=1S/C14H14Cl2N2O/c15-10-6-5-9(7-11(10)16)12-13(18-19-14(12)17)8-3-1-2-4-8/h5-8H,1-4,17H2. The Morgan fingerprint density at radius 1 is 1.16 bits per heavy atom. The number of hydrogen-bond donors (Lipinski definition) is 1. The maximum absolute atomic E-state index is 6.07. The van der Waals surface area contributed by atoms with Crippen LogP contribution in [-0.4, -0.2) is 5.16 Å². The molecule has 5 heteroatoms. The Bertz CT molecular complexity index is 603. The van der Waals surface area contributed by atoms with Crippen LogP contribution < -0.4 is 5.73 Å². The summed E-state index contributed by atoms with van der Waals surface area (Å²) in [7, 11) is 0. The second kappa shape index (κ2) is 5.06. The molecule has 19 heavy (non-hydrogen) atoms. The summed E-state index contributed by atoms with van der Waals surface area (Å²) in [6.07, 6.45) is 4.75. The van der Waals surface area contributed by atoms with Crippen molar-refractivity contribution in [2.24, 2.45) is 0 Å². The molecule has 0 radical (unpaired) electrons. The highest BCUT2D eigenvalue weighted by atomic mass is 35.5. The maximum Gasteiger partial charge on any atom is 0.230 e. The Labute approximate surface area is 121 Å². The summed E-state index contributed by atoms with van der Waals surface area (Å²) in [5.74, 6) is 0.783. The average Bonchev–Trinajstić information content (AvgIpc) is 3.01. The lowest BCUT2D eigenvalue weighted by Gasteiger charge is -2.08. The zero-order valence-electron chi connectivity index (χ0n) is 10.3. The van der Waals surface area contributed by atoms with Gasteiger partial charge in [0.15, 0.2) is 0 Å². The summed E-state index contributed by atoms with van der Waals surface area (Å²) >= 11 is 12.0. The molecule has 1 aromatic carbocycles. The summed E-state index contributed by atoms with van der Waals surface area (Å²) in [5, 5.41) is 5.19. The van der Waals surface area contributed by atoms with E-state index in [1.807, 2.05) is 12.1 Å². The molecule has 0 bridgehead atoms. The van der Waals surface area contributed by atoms with Crippen molar-refractivity contribution in [1.29, 1.82) is 0 Å². The summed E-state index contributed by atoms with van der Waals surface area (Å²) in [6, 6.07) is 5.48. The van der Waals surface area contributed by atoms with Crippen molar-refractivity contribution in [2.75, 3.05) is 5.73 Å². The second-order valence-corrected chi connectivity index (χ2v) is 5.73. The number of aromatic nitrogens is 1. The van der Waals surface area contributed by atoms with E-state index < -0.39 is 0 Å². The molecule has 3 nitrogen and oxygen atoms in total. The van der Waals surface area contributed by atoms with Crippen LogP contribution in [0.4, 0.5) is 5.88 Å². The lowest BCUT2D eigenvalue weighted by Crippen LogP contribution is -1.96. The summed E-state index contributed by atoms with van der Waals surface area (Å²) in [5.41, 5.74) is 8.65. The summed E-state index contributed by atoms with van der Waals surface area (Å²) in [6.45, 7) is 0. The van der Waals surface area contributed by atoms with Crippen LogP contribution in [0.3, 0.4) is 0 Å². The van der Waals surface area contributed by atoms with Gasteiger partial charge in [0.2, 0.25) is 5.88 Å². The number of halogens is 2. The molecule has 2 aromatic rings. The van der Waals surface area contributed by atoms with Crippen LogP contribution in [0.15, 0.2) is 22.7 Å². The molecule has 1 aromatic heterocycles. The SMILES string of the molecule is Nc1onc(C2CCCC2)c1-c1ccc(Cl)c(Cl)c1. The van der Waals surface area contributed by atoms with E-state index in [0.717, 1.165) is 29.7 Å². The van der Waals surface area contributed by atoms with E-state index in [0.29, 0.717) is 21.8 Å². The summed E-state index contributed by atoms with van der Waals surface area (Å²) in [4.78, 5) is 0. The number of hydrogen-bond acceptors (Lipinski definition) is 3. The average molecular weight is 297 g/mol. The van der Waals surface area contributed by atoms with Crippen molar-refractivity contribution in [3.63, 3.8) is 0 Å². The number of anilines is 1. The fourth-order valence-corrected chi connectivity index (χ4v) is 3.03. The molecule has 0 amide bonds. The largest absolute Gasteiger partial charge is 0.367 e. The fraction of sp³-hybridized carbons (Fsp3) is 0.357. The first-order valence-corrected chi connectivity index (χ1v) is 7.13. The molecule has 1 heterocycles. The van der Waals surface area contributed by atoms with Gasteiger partial charge >= 0.3 is 0 Å². The Kier molecular flexibility index (Phi) is 3.42. The van der Waals surface area contributed by atoms with E-state index in [1.165, 1.54) is 12.8 Å². The van der Waals surface area contributed by atoms with Gasteiger partial charge in [-0.2, -0.15) is 0 Å². The number of nitrogen functional groups attached to an aromatic ring is 1. The first-order chi connectivity index (χ1) is 9.16. The van der Waals surface area contributed by atoms with Crippen LogP contribution in [-0.2, 0) is 0 Å². The minimum atomic E-state index is 0.347. The van der Waals surface area contributed by atoms with Gasteiger partial charge < -0.3 is 10.3 Å². The molecule has 1 aliphatic carbocycles. The minimum Gasteiger partial charge on any atom is -0.367 e. The third-order valence-corrected chi connectivity index (χ3v) is 4.43. The minimum absolute atomic E-state index is 0.347. The highest BCUT2D eigenvalue weighted by Crippen LogP contribution is 2.42. The fourth-order valence-electron chi connectivity index (χ4n) is 2.74. The second-order valence-electron chi connectivity index (χ2n) is 4.92. The zero-order chi connectivity index (χ0) is 13.4. The Morgan fingerprint density at radius 2 is 1.89 bits per heavy atom. The number of nitrogens with two attached hydrogens (primary N) is 1. The van der Waals surface area contributed by atoms with Crippen LogP contribution in [0.5, 0.6) is 0 Å². The molecular formula is C14H14Cl2N2O. The van der Waals surface area contributed by atoms with Crippen LogP contribution in [0.25, 0.3) is 11.1 Å². The first-order valence-electron chi connectivity index (χ1n) is 6.37. The van der Waals surface area contributed by atoms with E-state index in [9.17, 15) is 0 Å². The van der Waals surface area contributed by atoms with Crippen molar-refractivity contribution in [3.8, 4) is 11.1 Å². The lowest BCUT2D eigenvalue weighted by atomic mass is 9.96. The van der Waals surface area contributed by atoms with E-state index in [1.54, 1.807) is 6.07 Å². The van der Waals surface area contributed by atoms with Gasteiger partial charge in [0.05, 0.1) is 21.3 Å². The quantitative estimate of drug-likeness (QED) is 0.858. The lowest BCUT2D eigenvalue weighted by molar-refractivity contribution is 0.420. The molecule has 0 atom stereocenters. The molecule has 1 aliphatic rings. The predicted molar refractivity (Wildman–Crippen MR) is 77.6 cm³/mol. The Hall–Kier alpha value is -1.19. The molecule has 100 valence electrons. The Morgan fingerprint density at radius 3 is 2.58 bits per heavy atom. The van der Waals surface area contributed by atoms with Crippen LogP contribution >= 0.6 is 23.2 Å². The molecule has 0 spiro atoms. The van der Waals surface area contributed by atoms with E-state index in [-0.39, 0.29) is 0 Å². The highest BCUT2D eigenvalue weighted by molar-refractivity contribution is 6.42. The first kappa shape index (κ1) is 12.8. The van der Waals surface area contributed by atoms with Crippen molar-refractivity contribution >= 4 is 29.1 Å². The summed E-state index contributed by atoms with van der Waals surface area (Å²) < 4.78 is 5.18. The normalized spacial score (nSPS) is 16.1. The zero-order valence-corrected chi connectivity index (χ0v) is 11.8. The molecule has 0 unspecified atom stereocenters. The molecule has 0 saturated heterocycles. The van der Waals surface area contributed by atoms with Gasteiger partial charge in [-0.05, 0) is 30.5 Å². The molecule has 1 fully saturated rings. The van der Waals surface area contributed by atoms with Crippen molar-refractivity contribution in [3.05, 3.63) is 33.9 Å². The maximum atomic E-state index is 6.07. The number of rotatable bonds is 2. The topological polar surface area (TPSA) is 52.0 Å². The van der Waals surface area contributed by atoms with E-state index in [2.05, 4.69) is 5.16 Å². The molecule has 3 rings (SSSR count). The van der Waals surface area contributed by atoms with E-state index >= 15 is 0 Å². The molecule has 2 N–H and O–H groups in total. The molecule has 0 aliphatic heterocycles. The molecular weight excluding hydrogens is 283 g/mol. The molecule has 1 saturated carbocycles. The predicted octanol–water partition coefficient (Wildman–Crippen LogP) is 4.89. The number of nitrogens with zero attached hydrogens (tertiary/aromatic N) is 1. The van der Waals surface area contributed by atoms with Crippen molar-refractivity contribution in [1.82, 2.24) is 5.16 Å².